The number of esters is 1. The number of benzene rings is 1. The Morgan fingerprint density at radius 3 is 2.57 bits per heavy atom. The van der Waals surface area contributed by atoms with Gasteiger partial charge in [0.2, 0.25) is 0 Å². The molecule has 5 heteroatoms. The topological polar surface area (TPSA) is 52.5 Å². The third-order valence-electron chi connectivity index (χ3n) is 4.15. The summed E-state index contributed by atoms with van der Waals surface area (Å²) in [5.74, 6) is 0.474. The van der Waals surface area contributed by atoms with E-state index in [0.717, 1.165) is 34.0 Å². The van der Waals surface area contributed by atoms with Crippen molar-refractivity contribution in [1.82, 2.24) is 4.57 Å². The molecule has 0 amide bonds. The van der Waals surface area contributed by atoms with E-state index >= 15 is 0 Å². The van der Waals surface area contributed by atoms with Crippen LogP contribution in [0.3, 0.4) is 0 Å². The van der Waals surface area contributed by atoms with E-state index in [1.54, 1.807) is 7.11 Å². The fraction of sp³-hybridized carbons (Fsp3) is 0.389. The van der Waals surface area contributed by atoms with Gasteiger partial charge in [-0.2, -0.15) is 0 Å². The van der Waals surface area contributed by atoms with Crippen LogP contribution in [0.25, 0.3) is 11.3 Å². The number of aromatic nitrogens is 1. The summed E-state index contributed by atoms with van der Waals surface area (Å²) in [6.07, 6.45) is 0. The van der Waals surface area contributed by atoms with E-state index < -0.39 is 0 Å². The van der Waals surface area contributed by atoms with Crippen LogP contribution in [0.4, 0.5) is 5.69 Å². The molecule has 1 aromatic carbocycles. The molecule has 23 heavy (non-hydrogen) atoms. The molecular weight excluding hydrogens is 292 g/mol. The van der Waals surface area contributed by atoms with Gasteiger partial charge in [0.25, 0.3) is 0 Å². The van der Waals surface area contributed by atoms with Crippen molar-refractivity contribution in [3.63, 3.8) is 0 Å². The molecule has 0 spiro atoms. The Kier molecular flexibility index (Phi) is 4.98. The number of anilines is 1. The molecular formula is C18H24N2O3. The number of carbonyl (C=O) groups excluding carboxylic acids is 1. The maximum absolute atomic E-state index is 12.3. The predicted octanol–water partition coefficient (Wildman–Crippen LogP) is 3.54. The van der Waals surface area contributed by atoms with Crippen LogP contribution >= 0.6 is 0 Å². The smallest absolute Gasteiger partial charge is 0.340 e. The van der Waals surface area contributed by atoms with Crippen molar-refractivity contribution >= 4 is 11.7 Å². The lowest BCUT2D eigenvalue weighted by molar-refractivity contribution is 0.0524. The molecule has 1 heterocycles. The first-order valence-corrected chi connectivity index (χ1v) is 7.65. The third-order valence-corrected chi connectivity index (χ3v) is 4.15. The van der Waals surface area contributed by atoms with Crippen LogP contribution < -0.4 is 10.1 Å². The molecule has 0 aliphatic heterocycles. The summed E-state index contributed by atoms with van der Waals surface area (Å²) in [5, 5.41) is 3.13. The van der Waals surface area contributed by atoms with E-state index in [-0.39, 0.29) is 5.97 Å². The molecule has 0 saturated carbocycles. The van der Waals surface area contributed by atoms with Gasteiger partial charge in [0.15, 0.2) is 5.75 Å². The number of hydrogen-bond acceptors (Lipinski definition) is 4. The number of hydrogen-bond donors (Lipinski definition) is 1. The van der Waals surface area contributed by atoms with Crippen LogP contribution in [-0.2, 0) is 11.8 Å². The molecule has 0 saturated heterocycles. The highest BCUT2D eigenvalue weighted by Crippen LogP contribution is 2.40. The van der Waals surface area contributed by atoms with E-state index in [4.69, 9.17) is 9.47 Å². The zero-order chi connectivity index (χ0) is 17.1. The Morgan fingerprint density at radius 1 is 1.30 bits per heavy atom. The lowest BCUT2D eigenvalue weighted by Gasteiger charge is -2.15. The van der Waals surface area contributed by atoms with Crippen molar-refractivity contribution in [3.8, 4) is 17.0 Å². The molecule has 1 aromatic heterocycles. The Hall–Kier alpha value is -2.43. The summed E-state index contributed by atoms with van der Waals surface area (Å²) in [5.41, 5.74) is 5.21. The van der Waals surface area contributed by atoms with Crippen LogP contribution in [0.2, 0.25) is 0 Å². The zero-order valence-corrected chi connectivity index (χ0v) is 14.6. The van der Waals surface area contributed by atoms with Crippen LogP contribution in [0.15, 0.2) is 18.2 Å². The molecule has 1 N–H and O–H groups in total. The summed E-state index contributed by atoms with van der Waals surface area (Å²) in [6.45, 7) is 6.05. The highest BCUT2D eigenvalue weighted by molar-refractivity contribution is 5.96. The van der Waals surface area contributed by atoms with Crippen molar-refractivity contribution in [1.29, 1.82) is 0 Å². The second-order valence-corrected chi connectivity index (χ2v) is 5.35. The molecule has 2 aromatic rings. The van der Waals surface area contributed by atoms with Gasteiger partial charge in [-0.1, -0.05) is 6.07 Å². The molecule has 0 radical (unpaired) electrons. The zero-order valence-electron chi connectivity index (χ0n) is 14.6. The summed E-state index contributed by atoms with van der Waals surface area (Å²) >= 11 is 0. The first kappa shape index (κ1) is 16.9. The minimum atomic E-state index is -0.284. The highest BCUT2D eigenvalue weighted by atomic mass is 16.5. The first-order valence-electron chi connectivity index (χ1n) is 7.65. The van der Waals surface area contributed by atoms with Crippen molar-refractivity contribution in [2.75, 3.05) is 26.1 Å². The van der Waals surface area contributed by atoms with Gasteiger partial charge in [-0.25, -0.2) is 4.79 Å². The van der Waals surface area contributed by atoms with Gasteiger partial charge in [0.05, 0.1) is 30.7 Å². The Balaban J connectivity index is 2.71. The van der Waals surface area contributed by atoms with E-state index in [0.29, 0.717) is 12.2 Å². The average molecular weight is 316 g/mol. The lowest BCUT2D eigenvalue weighted by atomic mass is 10.0. The molecule has 0 unspecified atom stereocenters. The van der Waals surface area contributed by atoms with Gasteiger partial charge in [0.1, 0.15) is 0 Å². The van der Waals surface area contributed by atoms with Crippen LogP contribution in [0.5, 0.6) is 5.75 Å². The summed E-state index contributed by atoms with van der Waals surface area (Å²) < 4.78 is 12.8. The Bertz CT molecular complexity index is 732. The van der Waals surface area contributed by atoms with Crippen LogP contribution in [0.1, 0.15) is 28.5 Å². The minimum Gasteiger partial charge on any atom is -0.494 e. The van der Waals surface area contributed by atoms with Gasteiger partial charge in [-0.15, -0.1) is 0 Å². The van der Waals surface area contributed by atoms with Gasteiger partial charge >= 0.3 is 5.97 Å². The number of rotatable bonds is 5. The van der Waals surface area contributed by atoms with Crippen molar-refractivity contribution in [3.05, 3.63) is 35.0 Å². The molecule has 2 rings (SSSR count). The molecule has 0 aliphatic carbocycles. The summed E-state index contributed by atoms with van der Waals surface area (Å²) in [4.78, 5) is 12.3. The number of nitrogens with one attached hydrogen (secondary N) is 1. The highest BCUT2D eigenvalue weighted by Gasteiger charge is 2.24. The second kappa shape index (κ2) is 6.77. The largest absolute Gasteiger partial charge is 0.494 e. The normalized spacial score (nSPS) is 10.5. The van der Waals surface area contributed by atoms with Crippen molar-refractivity contribution in [2.24, 2.45) is 7.05 Å². The van der Waals surface area contributed by atoms with Crippen molar-refractivity contribution < 1.29 is 14.3 Å². The fourth-order valence-electron chi connectivity index (χ4n) is 3.00. The van der Waals surface area contributed by atoms with Crippen LogP contribution in [-0.4, -0.2) is 31.3 Å². The quantitative estimate of drug-likeness (QED) is 0.857. The lowest BCUT2D eigenvalue weighted by Crippen LogP contribution is -2.07. The predicted molar refractivity (Wildman–Crippen MR) is 92.4 cm³/mol. The first-order chi connectivity index (χ1) is 11.0. The number of ether oxygens (including phenoxy) is 2. The number of para-hydroxylation sites is 1. The maximum atomic E-state index is 12.3. The molecule has 0 bridgehead atoms. The SMILES string of the molecule is CCOC(=O)c1c(C)c(-c2cccc(NC)c2OC)n(C)c1C. The van der Waals surface area contributed by atoms with Gasteiger partial charge in [-0.3, -0.25) is 0 Å². The average Bonchev–Trinajstić information content (AvgIpc) is 2.76. The molecule has 0 atom stereocenters. The molecule has 0 fully saturated rings. The van der Waals surface area contributed by atoms with E-state index in [2.05, 4.69) is 5.32 Å². The number of methoxy groups -OCH3 is 1. The summed E-state index contributed by atoms with van der Waals surface area (Å²) in [7, 11) is 5.46. The van der Waals surface area contributed by atoms with Gasteiger partial charge < -0.3 is 19.4 Å². The summed E-state index contributed by atoms with van der Waals surface area (Å²) in [6, 6.07) is 5.92. The van der Waals surface area contributed by atoms with E-state index in [1.165, 1.54) is 0 Å². The second-order valence-electron chi connectivity index (χ2n) is 5.35. The minimum absolute atomic E-state index is 0.284. The standard InChI is InChI=1S/C18H24N2O3/c1-7-23-18(21)15-11(2)16(20(5)12(15)3)13-9-8-10-14(19-4)17(13)22-6/h8-10,19H,7H2,1-6H3. The molecule has 0 aliphatic rings. The van der Waals surface area contributed by atoms with E-state index in [1.807, 2.05) is 57.6 Å². The Labute approximate surface area is 137 Å². The fourth-order valence-corrected chi connectivity index (χ4v) is 3.00. The monoisotopic (exact) mass is 316 g/mol. The van der Waals surface area contributed by atoms with Gasteiger partial charge in [0, 0.05) is 25.4 Å². The molecule has 5 nitrogen and oxygen atoms in total. The third kappa shape index (κ3) is 2.79. The number of nitrogens with zero attached hydrogens (tertiary/aromatic N) is 1. The van der Waals surface area contributed by atoms with Crippen molar-refractivity contribution in [2.45, 2.75) is 20.8 Å². The van der Waals surface area contributed by atoms with Crippen LogP contribution in [0, 0.1) is 13.8 Å². The molecule has 124 valence electrons. The maximum Gasteiger partial charge on any atom is 0.340 e. The Morgan fingerprint density at radius 2 is 2.00 bits per heavy atom. The van der Waals surface area contributed by atoms with E-state index in [9.17, 15) is 4.79 Å². The van der Waals surface area contributed by atoms with Gasteiger partial charge in [-0.05, 0) is 38.5 Å². The number of carbonyl (C=O) groups is 1.